The highest BCUT2D eigenvalue weighted by molar-refractivity contribution is 7.90. The zero-order chi connectivity index (χ0) is 23.1. The average Bonchev–Trinajstić information content (AvgIpc) is 2.74. The molecule has 0 saturated carbocycles. The van der Waals surface area contributed by atoms with Gasteiger partial charge in [0.15, 0.2) is 0 Å². The van der Waals surface area contributed by atoms with Gasteiger partial charge in [0, 0.05) is 24.7 Å². The first-order valence-corrected chi connectivity index (χ1v) is 11.5. The Kier molecular flexibility index (Phi) is 7.91. The number of aromatic carboxylic acids is 1. The number of carboxylic acid groups (broad SMARTS) is 1. The van der Waals surface area contributed by atoms with Crippen molar-refractivity contribution in [3.63, 3.8) is 0 Å². The molecule has 12 heteroatoms. The lowest BCUT2D eigenvalue weighted by Gasteiger charge is -2.26. The lowest BCUT2D eigenvalue weighted by molar-refractivity contribution is 0.0322. The second kappa shape index (κ2) is 10.6. The number of carbonyl (C=O) groups excluding carboxylic acids is 1. The maximum absolute atomic E-state index is 12.5. The Hall–Kier alpha value is -2.86. The number of ether oxygens (including phenoxy) is 2. The predicted octanol–water partition coefficient (Wildman–Crippen LogP) is 2.26. The Morgan fingerprint density at radius 1 is 1.12 bits per heavy atom. The summed E-state index contributed by atoms with van der Waals surface area (Å²) in [6.07, 6.45) is 0. The number of benzene rings is 2. The van der Waals surface area contributed by atoms with Crippen LogP contribution in [0, 0.1) is 0 Å². The summed E-state index contributed by atoms with van der Waals surface area (Å²) in [6, 6.07) is 8.23. The summed E-state index contributed by atoms with van der Waals surface area (Å²) in [5.41, 5.74) is -0.373. The van der Waals surface area contributed by atoms with Crippen LogP contribution >= 0.6 is 11.6 Å². The highest BCUT2D eigenvalue weighted by Crippen LogP contribution is 2.21. The van der Waals surface area contributed by atoms with Gasteiger partial charge >= 0.3 is 12.0 Å². The molecule has 1 aliphatic heterocycles. The average molecular weight is 484 g/mol. The highest BCUT2D eigenvalue weighted by atomic mass is 35.5. The van der Waals surface area contributed by atoms with Gasteiger partial charge in [0.05, 0.1) is 29.4 Å². The molecule has 3 N–H and O–H groups in total. The molecule has 0 spiro atoms. The summed E-state index contributed by atoms with van der Waals surface area (Å²) in [6.45, 7) is 4.25. The number of morpholine rings is 1. The van der Waals surface area contributed by atoms with Crippen LogP contribution in [0.25, 0.3) is 0 Å². The number of anilines is 1. The molecule has 2 aromatic carbocycles. The van der Waals surface area contributed by atoms with E-state index in [1.54, 1.807) is 0 Å². The minimum Gasteiger partial charge on any atom is -0.492 e. The van der Waals surface area contributed by atoms with E-state index < -0.39 is 22.0 Å². The van der Waals surface area contributed by atoms with Crippen molar-refractivity contribution in [2.45, 2.75) is 4.90 Å². The Labute approximate surface area is 190 Å². The van der Waals surface area contributed by atoms with Crippen molar-refractivity contribution in [1.29, 1.82) is 0 Å². The van der Waals surface area contributed by atoms with E-state index in [1.165, 1.54) is 42.5 Å². The van der Waals surface area contributed by atoms with E-state index in [0.717, 1.165) is 19.6 Å². The van der Waals surface area contributed by atoms with E-state index in [0.29, 0.717) is 25.6 Å². The van der Waals surface area contributed by atoms with Gasteiger partial charge in [-0.1, -0.05) is 11.6 Å². The number of amides is 2. The molecule has 0 unspecified atom stereocenters. The van der Waals surface area contributed by atoms with E-state index in [2.05, 4.69) is 10.2 Å². The third kappa shape index (κ3) is 6.57. The molecule has 2 amide bonds. The van der Waals surface area contributed by atoms with Crippen LogP contribution in [0.1, 0.15) is 10.4 Å². The highest BCUT2D eigenvalue weighted by Gasteiger charge is 2.20. The van der Waals surface area contributed by atoms with E-state index in [9.17, 15) is 23.1 Å². The molecule has 0 atom stereocenters. The Bertz CT molecular complexity index is 1070. The van der Waals surface area contributed by atoms with E-state index in [4.69, 9.17) is 21.1 Å². The maximum atomic E-state index is 12.5. The van der Waals surface area contributed by atoms with Crippen molar-refractivity contribution >= 4 is 39.3 Å². The van der Waals surface area contributed by atoms with Crippen LogP contribution in [-0.4, -0.2) is 69.9 Å². The number of urea groups is 1. The first kappa shape index (κ1) is 23.8. The van der Waals surface area contributed by atoms with Crippen LogP contribution in [0.15, 0.2) is 47.4 Å². The molecule has 10 nitrogen and oxygen atoms in total. The maximum Gasteiger partial charge on any atom is 0.337 e. The predicted molar refractivity (Wildman–Crippen MR) is 117 cm³/mol. The molecule has 2 aromatic rings. The van der Waals surface area contributed by atoms with Gasteiger partial charge in [-0.2, -0.15) is 0 Å². The normalized spacial score (nSPS) is 14.5. The molecule has 0 aromatic heterocycles. The second-order valence-electron chi connectivity index (χ2n) is 6.83. The molecule has 1 aliphatic rings. The Morgan fingerprint density at radius 3 is 2.47 bits per heavy atom. The SMILES string of the molecule is O=C(Nc1cc(Cl)ccc1C(=O)O)NS(=O)(=O)c1ccc(OCCN2CCOCC2)cc1. The van der Waals surface area contributed by atoms with Crippen molar-refractivity contribution in [2.75, 3.05) is 44.8 Å². The first-order valence-electron chi connectivity index (χ1n) is 9.64. The lowest BCUT2D eigenvalue weighted by atomic mass is 10.2. The summed E-state index contributed by atoms with van der Waals surface area (Å²) in [4.78, 5) is 25.5. The zero-order valence-electron chi connectivity index (χ0n) is 16.9. The number of sulfonamides is 1. The van der Waals surface area contributed by atoms with Crippen LogP contribution < -0.4 is 14.8 Å². The monoisotopic (exact) mass is 483 g/mol. The molecular weight excluding hydrogens is 462 g/mol. The molecule has 0 aliphatic carbocycles. The van der Waals surface area contributed by atoms with Crippen molar-refractivity contribution in [3.05, 3.63) is 53.1 Å². The van der Waals surface area contributed by atoms with Gasteiger partial charge in [-0.25, -0.2) is 22.7 Å². The number of nitrogens with zero attached hydrogens (tertiary/aromatic N) is 1. The fraction of sp³-hybridized carbons (Fsp3) is 0.300. The van der Waals surface area contributed by atoms with Gasteiger partial charge in [-0.15, -0.1) is 0 Å². The fourth-order valence-corrected chi connectivity index (χ4v) is 4.05. The quantitative estimate of drug-likeness (QED) is 0.520. The summed E-state index contributed by atoms with van der Waals surface area (Å²) in [7, 11) is -4.20. The van der Waals surface area contributed by atoms with Gasteiger partial charge < -0.3 is 19.9 Å². The number of rotatable bonds is 8. The number of carboxylic acids is 1. The van der Waals surface area contributed by atoms with Crippen LogP contribution in [0.3, 0.4) is 0 Å². The number of hydrogen-bond donors (Lipinski definition) is 3. The lowest BCUT2D eigenvalue weighted by Crippen LogP contribution is -2.38. The number of carbonyl (C=O) groups is 2. The van der Waals surface area contributed by atoms with Gasteiger partial charge in [0.1, 0.15) is 12.4 Å². The van der Waals surface area contributed by atoms with Crippen molar-refractivity contribution in [3.8, 4) is 5.75 Å². The number of hydrogen-bond acceptors (Lipinski definition) is 7. The molecule has 3 rings (SSSR count). The molecule has 172 valence electrons. The first-order chi connectivity index (χ1) is 15.2. The van der Waals surface area contributed by atoms with Gasteiger partial charge in [-0.3, -0.25) is 4.90 Å². The van der Waals surface area contributed by atoms with Crippen molar-refractivity contribution in [1.82, 2.24) is 9.62 Å². The van der Waals surface area contributed by atoms with E-state index in [1.807, 2.05) is 4.72 Å². The van der Waals surface area contributed by atoms with Crippen LogP contribution in [0.5, 0.6) is 5.75 Å². The molecule has 0 bridgehead atoms. The summed E-state index contributed by atoms with van der Waals surface area (Å²) in [5, 5.41) is 11.6. The van der Waals surface area contributed by atoms with Crippen LogP contribution in [0.4, 0.5) is 10.5 Å². The van der Waals surface area contributed by atoms with Crippen molar-refractivity contribution in [2.24, 2.45) is 0 Å². The van der Waals surface area contributed by atoms with Crippen LogP contribution in [0.2, 0.25) is 5.02 Å². The van der Waals surface area contributed by atoms with Gasteiger partial charge in [-0.05, 0) is 42.5 Å². The summed E-state index contributed by atoms with van der Waals surface area (Å²) in [5.74, 6) is -0.810. The smallest absolute Gasteiger partial charge is 0.337 e. The zero-order valence-corrected chi connectivity index (χ0v) is 18.5. The minimum atomic E-state index is -4.20. The second-order valence-corrected chi connectivity index (χ2v) is 8.95. The van der Waals surface area contributed by atoms with Gasteiger partial charge in [0.25, 0.3) is 10.0 Å². The Balaban J connectivity index is 1.57. The number of nitrogens with one attached hydrogen (secondary N) is 2. The van der Waals surface area contributed by atoms with E-state index in [-0.39, 0.29) is 21.2 Å². The minimum absolute atomic E-state index is 0.137. The van der Waals surface area contributed by atoms with E-state index >= 15 is 0 Å². The fourth-order valence-electron chi connectivity index (χ4n) is 2.97. The third-order valence-corrected chi connectivity index (χ3v) is 6.18. The van der Waals surface area contributed by atoms with Crippen LogP contribution in [-0.2, 0) is 14.8 Å². The van der Waals surface area contributed by atoms with Crippen molar-refractivity contribution < 1.29 is 32.6 Å². The summed E-state index contributed by atoms with van der Waals surface area (Å²) < 4.78 is 37.7. The topological polar surface area (TPSA) is 134 Å². The molecular formula is C20H22ClN3O7S. The largest absolute Gasteiger partial charge is 0.492 e. The number of halogens is 1. The molecule has 1 fully saturated rings. The van der Waals surface area contributed by atoms with Gasteiger partial charge in [0.2, 0.25) is 0 Å². The molecule has 1 saturated heterocycles. The molecule has 32 heavy (non-hydrogen) atoms. The standard InChI is InChI=1S/C20H22ClN3O7S/c21-14-1-6-17(19(25)26)18(13-14)22-20(27)23-32(28,29)16-4-2-15(3-5-16)31-12-9-24-7-10-30-11-8-24/h1-6,13H,7-12H2,(H,25,26)(H2,22,23,27). The summed E-state index contributed by atoms with van der Waals surface area (Å²) >= 11 is 5.83. The third-order valence-electron chi connectivity index (χ3n) is 4.60. The molecule has 1 heterocycles. The Morgan fingerprint density at radius 2 is 1.81 bits per heavy atom. The molecule has 0 radical (unpaired) electrons.